The Morgan fingerprint density at radius 1 is 0.857 bits per heavy atom. The van der Waals surface area contributed by atoms with Gasteiger partial charge in [-0.25, -0.2) is 14.0 Å². The van der Waals surface area contributed by atoms with E-state index in [1.165, 1.54) is 4.68 Å². The number of carbonyl (C=O) groups is 1. The zero-order chi connectivity index (χ0) is 24.2. The predicted molar refractivity (Wildman–Crippen MR) is 137 cm³/mol. The molecular formula is C29H30N4O2. The minimum atomic E-state index is -0.140. The Morgan fingerprint density at radius 3 is 1.91 bits per heavy atom. The largest absolute Gasteiger partial charge is 0.350 e. The van der Waals surface area contributed by atoms with Crippen LogP contribution >= 0.6 is 0 Å². The first-order valence-corrected chi connectivity index (χ1v) is 12.2. The number of amides is 1. The van der Waals surface area contributed by atoms with Gasteiger partial charge in [-0.1, -0.05) is 78.9 Å². The molecule has 2 heterocycles. The first-order valence-electron chi connectivity index (χ1n) is 12.2. The van der Waals surface area contributed by atoms with Gasteiger partial charge >= 0.3 is 5.69 Å². The Hall–Kier alpha value is -3.93. The maximum Gasteiger partial charge on any atom is 0.350 e. The highest BCUT2D eigenvalue weighted by Gasteiger charge is 2.30. The third kappa shape index (κ3) is 4.83. The highest BCUT2D eigenvalue weighted by atomic mass is 16.2. The molecule has 3 aromatic carbocycles. The Balaban J connectivity index is 1.31. The van der Waals surface area contributed by atoms with Crippen molar-refractivity contribution in [1.82, 2.24) is 19.2 Å². The summed E-state index contributed by atoms with van der Waals surface area (Å²) >= 11 is 0. The van der Waals surface area contributed by atoms with E-state index in [9.17, 15) is 9.59 Å². The third-order valence-electron chi connectivity index (χ3n) is 6.96. The summed E-state index contributed by atoms with van der Waals surface area (Å²) in [6.07, 6.45) is 2.02. The van der Waals surface area contributed by atoms with Crippen molar-refractivity contribution >= 4 is 5.91 Å². The number of carbonyl (C=O) groups excluding carboxylic acids is 1. The fourth-order valence-corrected chi connectivity index (χ4v) is 5.06. The van der Waals surface area contributed by atoms with E-state index in [1.54, 1.807) is 11.6 Å². The Labute approximate surface area is 205 Å². The summed E-state index contributed by atoms with van der Waals surface area (Å²) in [6, 6.07) is 30.2. The average Bonchev–Trinajstić information content (AvgIpc) is 3.22. The molecule has 1 amide bonds. The standard InChI is InChI=1S/C29H30N4O2/c1-31-29(35)33(25-15-9-4-10-16-25)28(30-31)24-17-19-32(20-18-24)27(34)21-26(22-11-5-2-6-12-22)23-13-7-3-8-14-23/h2-16,24,26H,17-21H2,1H3. The lowest BCUT2D eigenvalue weighted by Gasteiger charge is -2.32. The number of piperidine rings is 1. The highest BCUT2D eigenvalue weighted by molar-refractivity contribution is 5.78. The molecule has 0 unspecified atom stereocenters. The topological polar surface area (TPSA) is 60.1 Å². The molecule has 1 aromatic heterocycles. The van der Waals surface area contributed by atoms with Gasteiger partial charge in [0, 0.05) is 38.4 Å². The molecule has 6 heteroatoms. The van der Waals surface area contributed by atoms with Crippen molar-refractivity contribution in [1.29, 1.82) is 0 Å². The molecule has 0 spiro atoms. The van der Waals surface area contributed by atoms with Crippen LogP contribution in [-0.2, 0) is 11.8 Å². The molecule has 178 valence electrons. The molecule has 6 nitrogen and oxygen atoms in total. The molecule has 4 aromatic rings. The second-order valence-corrected chi connectivity index (χ2v) is 9.17. The molecule has 1 aliphatic rings. The molecule has 0 saturated carbocycles. The van der Waals surface area contributed by atoms with Crippen LogP contribution in [-0.4, -0.2) is 38.2 Å². The van der Waals surface area contributed by atoms with E-state index < -0.39 is 0 Å². The molecule has 0 radical (unpaired) electrons. The summed E-state index contributed by atoms with van der Waals surface area (Å²) in [5.74, 6) is 1.11. The quantitative estimate of drug-likeness (QED) is 0.420. The van der Waals surface area contributed by atoms with Gasteiger partial charge in [-0.15, -0.1) is 0 Å². The molecular weight excluding hydrogens is 436 g/mol. The minimum absolute atomic E-state index is 0.0293. The molecule has 0 N–H and O–H groups in total. The van der Waals surface area contributed by atoms with Crippen LogP contribution < -0.4 is 5.69 Å². The lowest BCUT2D eigenvalue weighted by molar-refractivity contribution is -0.132. The number of para-hydroxylation sites is 1. The van der Waals surface area contributed by atoms with Crippen LogP contribution in [0.3, 0.4) is 0 Å². The predicted octanol–water partition coefficient (Wildman–Crippen LogP) is 4.50. The van der Waals surface area contributed by atoms with Gasteiger partial charge in [0.1, 0.15) is 5.82 Å². The SMILES string of the molecule is Cn1nc(C2CCN(C(=O)CC(c3ccccc3)c3ccccc3)CC2)n(-c2ccccc2)c1=O. The van der Waals surface area contributed by atoms with Crippen molar-refractivity contribution in [2.75, 3.05) is 13.1 Å². The van der Waals surface area contributed by atoms with Crippen LogP contribution in [0.4, 0.5) is 0 Å². The normalized spacial score (nSPS) is 14.4. The van der Waals surface area contributed by atoms with Crippen LogP contribution in [0.25, 0.3) is 5.69 Å². The third-order valence-corrected chi connectivity index (χ3v) is 6.96. The van der Waals surface area contributed by atoms with Crippen LogP contribution in [0.15, 0.2) is 95.8 Å². The Bertz CT molecular complexity index is 1280. The zero-order valence-corrected chi connectivity index (χ0v) is 20.0. The second-order valence-electron chi connectivity index (χ2n) is 9.17. The summed E-state index contributed by atoms with van der Waals surface area (Å²) in [4.78, 5) is 28.2. The van der Waals surface area contributed by atoms with E-state index in [-0.39, 0.29) is 23.4 Å². The van der Waals surface area contributed by atoms with E-state index in [0.29, 0.717) is 19.5 Å². The van der Waals surface area contributed by atoms with Gasteiger partial charge in [0.25, 0.3) is 0 Å². The first-order chi connectivity index (χ1) is 17.1. The van der Waals surface area contributed by atoms with Gasteiger partial charge in [-0.3, -0.25) is 4.79 Å². The maximum atomic E-state index is 13.4. The van der Waals surface area contributed by atoms with Crippen LogP contribution in [0.1, 0.15) is 48.0 Å². The second kappa shape index (κ2) is 10.1. The summed E-state index contributed by atoms with van der Waals surface area (Å²) in [6.45, 7) is 1.33. The fourth-order valence-electron chi connectivity index (χ4n) is 5.06. The molecule has 1 saturated heterocycles. The van der Waals surface area contributed by atoms with Gasteiger partial charge in [0.2, 0.25) is 5.91 Å². The lowest BCUT2D eigenvalue weighted by atomic mass is 9.87. The number of aromatic nitrogens is 3. The number of nitrogens with zero attached hydrogens (tertiary/aromatic N) is 4. The van der Waals surface area contributed by atoms with E-state index in [0.717, 1.165) is 35.5 Å². The fraction of sp³-hybridized carbons (Fsp3) is 0.276. The highest BCUT2D eigenvalue weighted by Crippen LogP contribution is 2.31. The Kier molecular flexibility index (Phi) is 6.62. The molecule has 1 aliphatic heterocycles. The van der Waals surface area contributed by atoms with Gasteiger partial charge < -0.3 is 4.90 Å². The zero-order valence-electron chi connectivity index (χ0n) is 20.0. The number of aryl methyl sites for hydroxylation is 1. The number of benzene rings is 3. The number of hydrogen-bond acceptors (Lipinski definition) is 3. The average molecular weight is 467 g/mol. The van der Waals surface area contributed by atoms with E-state index >= 15 is 0 Å². The summed E-state index contributed by atoms with van der Waals surface area (Å²) in [5.41, 5.74) is 3.00. The van der Waals surface area contributed by atoms with Crippen LogP contribution in [0, 0.1) is 0 Å². The molecule has 0 atom stereocenters. The minimum Gasteiger partial charge on any atom is -0.343 e. The summed E-state index contributed by atoms with van der Waals surface area (Å²) in [7, 11) is 1.69. The van der Waals surface area contributed by atoms with Crippen molar-refractivity contribution in [3.63, 3.8) is 0 Å². The molecule has 0 bridgehead atoms. The van der Waals surface area contributed by atoms with Crippen LogP contribution in [0.2, 0.25) is 0 Å². The molecule has 0 aliphatic carbocycles. The van der Waals surface area contributed by atoms with Crippen molar-refractivity contribution < 1.29 is 4.79 Å². The number of likely N-dealkylation sites (tertiary alicyclic amines) is 1. The van der Waals surface area contributed by atoms with E-state index in [2.05, 4.69) is 29.4 Å². The summed E-state index contributed by atoms with van der Waals surface area (Å²) in [5, 5.41) is 4.57. The molecule has 1 fully saturated rings. The van der Waals surface area contributed by atoms with E-state index in [4.69, 9.17) is 0 Å². The van der Waals surface area contributed by atoms with Crippen molar-refractivity contribution in [3.8, 4) is 5.69 Å². The van der Waals surface area contributed by atoms with Gasteiger partial charge in [-0.05, 0) is 36.1 Å². The monoisotopic (exact) mass is 466 g/mol. The van der Waals surface area contributed by atoms with Crippen molar-refractivity contribution in [3.05, 3.63) is 118 Å². The Morgan fingerprint density at radius 2 is 1.37 bits per heavy atom. The van der Waals surface area contributed by atoms with Gasteiger partial charge in [0.15, 0.2) is 0 Å². The first kappa shape index (κ1) is 22.8. The van der Waals surface area contributed by atoms with Crippen molar-refractivity contribution in [2.24, 2.45) is 7.05 Å². The van der Waals surface area contributed by atoms with E-state index in [1.807, 2.05) is 71.6 Å². The smallest absolute Gasteiger partial charge is 0.343 e. The summed E-state index contributed by atoms with van der Waals surface area (Å²) < 4.78 is 3.12. The number of rotatable bonds is 6. The van der Waals surface area contributed by atoms with Crippen LogP contribution in [0.5, 0.6) is 0 Å². The maximum absolute atomic E-state index is 13.4. The lowest BCUT2D eigenvalue weighted by Crippen LogP contribution is -2.39. The number of hydrogen-bond donors (Lipinski definition) is 0. The van der Waals surface area contributed by atoms with Gasteiger partial charge in [0.05, 0.1) is 5.69 Å². The molecule has 5 rings (SSSR count). The molecule has 35 heavy (non-hydrogen) atoms. The van der Waals surface area contributed by atoms with Crippen molar-refractivity contribution in [2.45, 2.75) is 31.1 Å². The van der Waals surface area contributed by atoms with Gasteiger partial charge in [-0.2, -0.15) is 5.10 Å².